The van der Waals surface area contributed by atoms with Crippen LogP contribution in [0.15, 0.2) is 48.5 Å². The zero-order chi connectivity index (χ0) is 23.1. The molecule has 0 radical (unpaired) electrons. The Hall–Kier alpha value is -2.83. The van der Waals surface area contributed by atoms with Gasteiger partial charge in [-0.05, 0) is 55.2 Å². The summed E-state index contributed by atoms with van der Waals surface area (Å²) < 4.78 is 11.2. The molecule has 1 heterocycles. The first-order valence-corrected chi connectivity index (χ1v) is 11.6. The number of hydrogen-bond acceptors (Lipinski definition) is 5. The fourth-order valence-corrected chi connectivity index (χ4v) is 3.92. The van der Waals surface area contributed by atoms with E-state index in [9.17, 15) is 4.79 Å². The van der Waals surface area contributed by atoms with Crippen LogP contribution in [0.2, 0.25) is 5.02 Å². The van der Waals surface area contributed by atoms with E-state index in [-0.39, 0.29) is 5.91 Å². The molecule has 1 aromatic heterocycles. The SMILES string of the molecule is COc1cc(/C=C/C(=O)Nc2nc(-c3ccc(Cl)cc3)c(C)s2)ccc1OCCC(C)C. The van der Waals surface area contributed by atoms with Gasteiger partial charge in [-0.15, -0.1) is 11.3 Å². The minimum absolute atomic E-state index is 0.252. The number of anilines is 1. The van der Waals surface area contributed by atoms with Gasteiger partial charge in [0.25, 0.3) is 0 Å². The second-order valence-electron chi connectivity index (χ2n) is 7.69. The molecule has 0 aliphatic heterocycles. The normalized spacial score (nSPS) is 11.2. The summed E-state index contributed by atoms with van der Waals surface area (Å²) in [5.41, 5.74) is 2.64. The molecule has 1 amide bonds. The molecule has 0 unspecified atom stereocenters. The van der Waals surface area contributed by atoms with E-state index < -0.39 is 0 Å². The van der Waals surface area contributed by atoms with Crippen LogP contribution in [0.4, 0.5) is 5.13 Å². The average molecular weight is 471 g/mol. The summed E-state index contributed by atoms with van der Waals surface area (Å²) in [4.78, 5) is 18.0. The fourth-order valence-electron chi connectivity index (χ4n) is 2.96. The van der Waals surface area contributed by atoms with Crippen LogP contribution in [-0.2, 0) is 4.79 Å². The summed E-state index contributed by atoms with van der Waals surface area (Å²) in [6.07, 6.45) is 4.18. The van der Waals surface area contributed by atoms with Gasteiger partial charge >= 0.3 is 0 Å². The van der Waals surface area contributed by atoms with Gasteiger partial charge in [-0.1, -0.05) is 43.6 Å². The number of ether oxygens (including phenoxy) is 2. The zero-order valence-electron chi connectivity index (χ0n) is 18.6. The van der Waals surface area contributed by atoms with Gasteiger partial charge < -0.3 is 9.47 Å². The van der Waals surface area contributed by atoms with Crippen LogP contribution in [-0.4, -0.2) is 24.6 Å². The minimum atomic E-state index is -0.252. The highest BCUT2D eigenvalue weighted by atomic mass is 35.5. The number of thiazole rings is 1. The number of nitrogens with zero attached hydrogens (tertiary/aromatic N) is 1. The van der Waals surface area contributed by atoms with Gasteiger partial charge in [0, 0.05) is 21.5 Å². The predicted molar refractivity (Wildman–Crippen MR) is 133 cm³/mol. The molecule has 0 aliphatic carbocycles. The van der Waals surface area contributed by atoms with Crippen LogP contribution in [0, 0.1) is 12.8 Å². The number of benzene rings is 2. The van der Waals surface area contributed by atoms with E-state index in [1.807, 2.05) is 49.4 Å². The molecule has 0 fully saturated rings. The van der Waals surface area contributed by atoms with Crippen molar-refractivity contribution in [2.75, 3.05) is 19.0 Å². The minimum Gasteiger partial charge on any atom is -0.493 e. The van der Waals surface area contributed by atoms with Crippen LogP contribution in [0.3, 0.4) is 0 Å². The lowest BCUT2D eigenvalue weighted by Gasteiger charge is -2.12. The molecule has 32 heavy (non-hydrogen) atoms. The Balaban J connectivity index is 1.64. The van der Waals surface area contributed by atoms with Gasteiger partial charge in [-0.3, -0.25) is 10.1 Å². The molecular weight excluding hydrogens is 444 g/mol. The van der Waals surface area contributed by atoms with Gasteiger partial charge in [0.15, 0.2) is 16.6 Å². The quantitative estimate of drug-likeness (QED) is 0.347. The molecule has 0 bridgehead atoms. The molecule has 0 saturated carbocycles. The first kappa shape index (κ1) is 23.8. The van der Waals surface area contributed by atoms with Gasteiger partial charge in [0.2, 0.25) is 5.91 Å². The van der Waals surface area contributed by atoms with E-state index >= 15 is 0 Å². The van der Waals surface area contributed by atoms with E-state index in [1.165, 1.54) is 17.4 Å². The lowest BCUT2D eigenvalue weighted by atomic mass is 10.1. The fraction of sp³-hybridized carbons (Fsp3) is 0.280. The highest BCUT2D eigenvalue weighted by Gasteiger charge is 2.11. The number of carbonyl (C=O) groups excluding carboxylic acids is 1. The van der Waals surface area contributed by atoms with Crippen molar-refractivity contribution in [2.45, 2.75) is 27.2 Å². The molecule has 1 N–H and O–H groups in total. The molecule has 0 aliphatic rings. The molecular formula is C25H27ClN2O3S. The molecule has 168 valence electrons. The standard InChI is InChI=1S/C25H27ClN2O3S/c1-16(2)13-14-31-21-11-5-18(15-22(21)30-4)6-12-23(29)27-25-28-24(17(3)32-25)19-7-9-20(26)10-8-19/h5-12,15-16H,13-14H2,1-4H3,(H,27,28,29)/b12-6+. The summed E-state index contributed by atoms with van der Waals surface area (Å²) in [5.74, 6) is 1.66. The van der Waals surface area contributed by atoms with Crippen LogP contribution in [0.1, 0.15) is 30.7 Å². The van der Waals surface area contributed by atoms with Crippen molar-refractivity contribution in [1.29, 1.82) is 0 Å². The molecule has 0 spiro atoms. The Bertz CT molecular complexity index is 1090. The maximum absolute atomic E-state index is 12.4. The maximum atomic E-state index is 12.4. The molecule has 3 rings (SSSR count). The van der Waals surface area contributed by atoms with Crippen LogP contribution in [0.25, 0.3) is 17.3 Å². The van der Waals surface area contributed by atoms with E-state index in [4.69, 9.17) is 21.1 Å². The first-order valence-electron chi connectivity index (χ1n) is 10.4. The van der Waals surface area contributed by atoms with E-state index in [2.05, 4.69) is 24.1 Å². The lowest BCUT2D eigenvalue weighted by molar-refractivity contribution is -0.111. The monoisotopic (exact) mass is 470 g/mol. The third-order valence-corrected chi connectivity index (χ3v) is 5.85. The van der Waals surface area contributed by atoms with Crippen molar-refractivity contribution in [3.05, 3.63) is 64.0 Å². The number of nitrogens with one attached hydrogen (secondary N) is 1. The van der Waals surface area contributed by atoms with Gasteiger partial charge in [0.1, 0.15) is 0 Å². The Labute approximate surface area is 198 Å². The van der Waals surface area contributed by atoms with E-state index in [1.54, 1.807) is 13.2 Å². The summed E-state index contributed by atoms with van der Waals surface area (Å²) in [5, 5.41) is 4.06. The maximum Gasteiger partial charge on any atom is 0.250 e. The molecule has 3 aromatic rings. The number of hydrogen-bond donors (Lipinski definition) is 1. The van der Waals surface area contributed by atoms with Crippen molar-refractivity contribution in [3.63, 3.8) is 0 Å². The van der Waals surface area contributed by atoms with Crippen molar-refractivity contribution in [3.8, 4) is 22.8 Å². The van der Waals surface area contributed by atoms with Gasteiger partial charge in [-0.2, -0.15) is 0 Å². The van der Waals surface area contributed by atoms with E-state index in [0.29, 0.717) is 34.2 Å². The van der Waals surface area contributed by atoms with Gasteiger partial charge in [0.05, 0.1) is 19.4 Å². The van der Waals surface area contributed by atoms with Crippen molar-refractivity contribution in [1.82, 2.24) is 4.98 Å². The van der Waals surface area contributed by atoms with Crippen molar-refractivity contribution in [2.24, 2.45) is 5.92 Å². The van der Waals surface area contributed by atoms with Crippen LogP contribution in [0.5, 0.6) is 11.5 Å². The van der Waals surface area contributed by atoms with Crippen LogP contribution < -0.4 is 14.8 Å². The number of carbonyl (C=O) groups is 1. The second-order valence-corrected chi connectivity index (χ2v) is 9.33. The number of amides is 1. The number of rotatable bonds is 9. The Morgan fingerprint density at radius 3 is 2.62 bits per heavy atom. The molecule has 2 aromatic carbocycles. The molecule has 7 heteroatoms. The summed E-state index contributed by atoms with van der Waals surface area (Å²) in [7, 11) is 1.61. The highest BCUT2D eigenvalue weighted by Crippen LogP contribution is 2.31. The molecule has 0 atom stereocenters. The third-order valence-electron chi connectivity index (χ3n) is 4.71. The van der Waals surface area contributed by atoms with Gasteiger partial charge in [-0.25, -0.2) is 4.98 Å². The van der Waals surface area contributed by atoms with Crippen molar-refractivity contribution >= 4 is 40.1 Å². The molecule has 5 nitrogen and oxygen atoms in total. The number of halogens is 1. The number of methoxy groups -OCH3 is 1. The summed E-state index contributed by atoms with van der Waals surface area (Å²) >= 11 is 7.40. The Kier molecular flexibility index (Phi) is 8.31. The largest absolute Gasteiger partial charge is 0.493 e. The topological polar surface area (TPSA) is 60.5 Å². The van der Waals surface area contributed by atoms with Crippen molar-refractivity contribution < 1.29 is 14.3 Å². The van der Waals surface area contributed by atoms with E-state index in [0.717, 1.165) is 28.1 Å². The van der Waals surface area contributed by atoms with Crippen LogP contribution >= 0.6 is 22.9 Å². The third kappa shape index (κ3) is 6.58. The Morgan fingerprint density at radius 1 is 1.19 bits per heavy atom. The second kappa shape index (κ2) is 11.2. The summed E-state index contributed by atoms with van der Waals surface area (Å²) in [6.45, 7) is 6.93. The molecule has 0 saturated heterocycles. The summed E-state index contributed by atoms with van der Waals surface area (Å²) in [6, 6.07) is 13.1. The average Bonchev–Trinajstić information content (AvgIpc) is 3.12. The number of aryl methyl sites for hydroxylation is 1. The smallest absolute Gasteiger partial charge is 0.250 e. The lowest BCUT2D eigenvalue weighted by Crippen LogP contribution is -2.07. The number of aromatic nitrogens is 1. The first-order chi connectivity index (χ1) is 15.4. The Morgan fingerprint density at radius 2 is 1.94 bits per heavy atom. The predicted octanol–water partition coefficient (Wildman–Crippen LogP) is 6.86. The highest BCUT2D eigenvalue weighted by molar-refractivity contribution is 7.16. The zero-order valence-corrected chi connectivity index (χ0v) is 20.2.